The summed E-state index contributed by atoms with van der Waals surface area (Å²) >= 11 is 3.31. The normalized spacial score (nSPS) is 11.2. The largest absolute Gasteiger partial charge is 0.507 e. The van der Waals surface area contributed by atoms with Crippen LogP contribution < -0.4 is 10.2 Å². The molecule has 2 aromatic rings. The number of hydrogen-bond donors (Lipinski definition) is 2. The topological polar surface area (TPSA) is 70.9 Å². The van der Waals surface area contributed by atoms with Crippen LogP contribution in [-0.4, -0.2) is 23.3 Å². The van der Waals surface area contributed by atoms with Gasteiger partial charge >= 0.3 is 0 Å². The van der Waals surface area contributed by atoms with E-state index in [0.29, 0.717) is 17.9 Å². The molecule has 5 nitrogen and oxygen atoms in total. The van der Waals surface area contributed by atoms with E-state index in [9.17, 15) is 14.3 Å². The Morgan fingerprint density at radius 3 is 2.83 bits per heavy atom. The molecule has 0 atom stereocenters. The Morgan fingerprint density at radius 2 is 2.12 bits per heavy atom. The molecule has 2 N–H and O–H groups in total. The number of hydrazone groups is 1. The smallest absolute Gasteiger partial charge is 0.277 e. The summed E-state index contributed by atoms with van der Waals surface area (Å²) in [5, 5.41) is 13.7. The molecule has 1 amide bonds. The van der Waals surface area contributed by atoms with Crippen molar-refractivity contribution in [3.8, 4) is 11.5 Å². The van der Waals surface area contributed by atoms with E-state index in [1.54, 1.807) is 25.1 Å². The fourth-order valence-corrected chi connectivity index (χ4v) is 2.32. The van der Waals surface area contributed by atoms with E-state index in [4.69, 9.17) is 4.74 Å². The quantitative estimate of drug-likeness (QED) is 0.580. The van der Waals surface area contributed by atoms with E-state index in [-0.39, 0.29) is 17.9 Å². The van der Waals surface area contributed by atoms with Crippen LogP contribution in [0.2, 0.25) is 0 Å². The lowest BCUT2D eigenvalue weighted by atomic mass is 10.1. The summed E-state index contributed by atoms with van der Waals surface area (Å²) in [7, 11) is 0. The first-order valence-electron chi connectivity index (χ1n) is 7.22. The third-order valence-electron chi connectivity index (χ3n) is 3.09. The number of phenols is 1. The molecule has 0 aliphatic carbocycles. The maximum Gasteiger partial charge on any atom is 0.277 e. The highest BCUT2D eigenvalue weighted by molar-refractivity contribution is 9.10. The van der Waals surface area contributed by atoms with Crippen LogP contribution in [-0.2, 0) is 4.79 Å². The monoisotopic (exact) mass is 394 g/mol. The molecule has 0 spiro atoms. The van der Waals surface area contributed by atoms with E-state index < -0.39 is 11.7 Å². The van der Waals surface area contributed by atoms with Crippen LogP contribution in [0.4, 0.5) is 4.39 Å². The lowest BCUT2D eigenvalue weighted by Gasteiger charge is -2.08. The number of carbonyl (C=O) groups is 1. The number of hydrogen-bond acceptors (Lipinski definition) is 4. The molecule has 2 rings (SSSR count). The van der Waals surface area contributed by atoms with Gasteiger partial charge in [-0.1, -0.05) is 28.9 Å². The minimum Gasteiger partial charge on any atom is -0.507 e. The highest BCUT2D eigenvalue weighted by Gasteiger charge is 2.10. The number of carbonyl (C=O) groups excluding carboxylic acids is 1. The Kier molecular flexibility index (Phi) is 6.31. The third kappa shape index (κ3) is 5.06. The maximum atomic E-state index is 13.3. The van der Waals surface area contributed by atoms with Gasteiger partial charge in [0.1, 0.15) is 17.3 Å². The second-order valence-electron chi connectivity index (χ2n) is 4.85. The molecular weight excluding hydrogens is 379 g/mol. The lowest BCUT2D eigenvalue weighted by Crippen LogP contribution is -2.26. The molecule has 0 bridgehead atoms. The summed E-state index contributed by atoms with van der Waals surface area (Å²) in [5.74, 6) is -0.510. The summed E-state index contributed by atoms with van der Waals surface area (Å²) in [6.07, 6.45) is 0.407. The molecule has 0 heterocycles. The summed E-state index contributed by atoms with van der Waals surface area (Å²) in [4.78, 5) is 11.8. The molecule has 0 saturated heterocycles. The van der Waals surface area contributed by atoms with Gasteiger partial charge in [-0.25, -0.2) is 9.82 Å². The number of halogens is 2. The fourth-order valence-electron chi connectivity index (χ4n) is 1.94. The fraction of sp³-hybridized carbons (Fsp3) is 0.176. The summed E-state index contributed by atoms with van der Waals surface area (Å²) < 4.78 is 19.5. The van der Waals surface area contributed by atoms with E-state index in [2.05, 4.69) is 26.5 Å². The molecular formula is C17H16BrFN2O3. The van der Waals surface area contributed by atoms with Gasteiger partial charge in [-0.3, -0.25) is 4.79 Å². The maximum absolute atomic E-state index is 13.3. The van der Waals surface area contributed by atoms with Crippen LogP contribution in [0.3, 0.4) is 0 Å². The van der Waals surface area contributed by atoms with E-state index in [0.717, 1.165) is 10.5 Å². The summed E-state index contributed by atoms with van der Waals surface area (Å²) in [5.41, 5.74) is 2.95. The average molecular weight is 395 g/mol. The van der Waals surface area contributed by atoms with Crippen LogP contribution >= 0.6 is 15.9 Å². The molecule has 7 heteroatoms. The zero-order chi connectivity index (χ0) is 17.5. The molecule has 2 aromatic carbocycles. The van der Waals surface area contributed by atoms with Gasteiger partial charge in [0.15, 0.2) is 6.61 Å². The van der Waals surface area contributed by atoms with Crippen LogP contribution in [0.1, 0.15) is 18.9 Å². The molecule has 0 aromatic heterocycles. The highest BCUT2D eigenvalue weighted by atomic mass is 79.9. The Labute approximate surface area is 147 Å². The third-order valence-corrected chi connectivity index (χ3v) is 3.58. The Balaban J connectivity index is 1.99. The minimum absolute atomic E-state index is 0.100. The van der Waals surface area contributed by atoms with Crippen LogP contribution in [0.15, 0.2) is 52.0 Å². The van der Waals surface area contributed by atoms with Crippen molar-refractivity contribution in [2.24, 2.45) is 5.10 Å². The highest BCUT2D eigenvalue weighted by Crippen LogP contribution is 2.20. The van der Waals surface area contributed by atoms with Crippen molar-refractivity contribution in [1.82, 2.24) is 5.43 Å². The lowest BCUT2D eigenvalue weighted by molar-refractivity contribution is -0.123. The molecule has 0 aliphatic heterocycles. The van der Waals surface area contributed by atoms with Crippen molar-refractivity contribution in [2.45, 2.75) is 13.3 Å². The Hall–Kier alpha value is -2.41. The van der Waals surface area contributed by atoms with Crippen molar-refractivity contribution < 1.29 is 19.0 Å². The first kappa shape index (κ1) is 17.9. The van der Waals surface area contributed by atoms with Gasteiger partial charge in [0.25, 0.3) is 5.91 Å². The van der Waals surface area contributed by atoms with Gasteiger partial charge in [-0.15, -0.1) is 0 Å². The second kappa shape index (κ2) is 8.44. The molecule has 0 saturated carbocycles. The number of nitrogens with one attached hydrogen (secondary N) is 1. The summed E-state index contributed by atoms with van der Waals surface area (Å²) in [6.45, 7) is 1.57. The first-order valence-corrected chi connectivity index (χ1v) is 8.01. The molecule has 24 heavy (non-hydrogen) atoms. The average Bonchev–Trinajstić information content (AvgIpc) is 2.56. The number of amides is 1. The first-order chi connectivity index (χ1) is 11.5. The number of rotatable bonds is 6. The van der Waals surface area contributed by atoms with Gasteiger partial charge in [-0.2, -0.15) is 5.10 Å². The van der Waals surface area contributed by atoms with Crippen molar-refractivity contribution >= 4 is 27.5 Å². The van der Waals surface area contributed by atoms with Gasteiger partial charge < -0.3 is 9.84 Å². The predicted molar refractivity (Wildman–Crippen MR) is 92.7 cm³/mol. The van der Waals surface area contributed by atoms with Crippen LogP contribution in [0, 0.1) is 5.82 Å². The number of nitrogens with zero attached hydrogens (tertiary/aromatic N) is 1. The van der Waals surface area contributed by atoms with Crippen molar-refractivity contribution in [2.75, 3.05) is 6.61 Å². The summed E-state index contributed by atoms with van der Waals surface area (Å²) in [6, 6.07) is 10.7. The predicted octanol–water partition coefficient (Wildman–Crippen LogP) is 3.60. The molecule has 0 radical (unpaired) electrons. The van der Waals surface area contributed by atoms with Gasteiger partial charge in [0.05, 0.1) is 5.71 Å². The van der Waals surface area contributed by atoms with Crippen molar-refractivity contribution in [3.05, 3.63) is 58.3 Å². The van der Waals surface area contributed by atoms with E-state index >= 15 is 0 Å². The second-order valence-corrected chi connectivity index (χ2v) is 5.77. The molecule has 0 aliphatic rings. The molecule has 126 valence electrons. The number of benzene rings is 2. The molecule has 0 unspecified atom stereocenters. The minimum atomic E-state index is -0.492. The van der Waals surface area contributed by atoms with Crippen LogP contribution in [0.25, 0.3) is 0 Å². The number of aromatic hydroxyl groups is 1. The van der Waals surface area contributed by atoms with Gasteiger partial charge in [0, 0.05) is 10.0 Å². The zero-order valence-electron chi connectivity index (χ0n) is 12.9. The zero-order valence-corrected chi connectivity index (χ0v) is 14.5. The Morgan fingerprint density at radius 1 is 1.33 bits per heavy atom. The van der Waals surface area contributed by atoms with Crippen molar-refractivity contribution in [1.29, 1.82) is 0 Å². The Bertz CT molecular complexity index is 765. The number of phenolic OH excluding ortho intramolecular Hbond substituents is 1. The van der Waals surface area contributed by atoms with Crippen LogP contribution in [0.5, 0.6) is 11.5 Å². The standard InChI is InChI=1S/C17H16BrFN2O3/c1-2-15(14-9-12(19)6-7-16(14)22)20-21-17(23)10-24-13-5-3-4-11(18)8-13/h3-9,22H,2,10H2,1H3,(H,21,23)/b20-15+. The van der Waals surface area contributed by atoms with E-state index in [1.807, 2.05) is 6.07 Å². The van der Waals surface area contributed by atoms with Gasteiger partial charge in [0.2, 0.25) is 0 Å². The van der Waals surface area contributed by atoms with Gasteiger partial charge in [-0.05, 0) is 42.8 Å². The number of ether oxygens (including phenoxy) is 1. The molecule has 0 fully saturated rings. The van der Waals surface area contributed by atoms with Crippen molar-refractivity contribution in [3.63, 3.8) is 0 Å². The van der Waals surface area contributed by atoms with E-state index in [1.165, 1.54) is 12.1 Å². The SMILES string of the molecule is CC/C(=N\NC(=O)COc1cccc(Br)c1)c1cc(F)ccc1O.